The van der Waals surface area contributed by atoms with Crippen LogP contribution in [0.5, 0.6) is 0 Å². The summed E-state index contributed by atoms with van der Waals surface area (Å²) < 4.78 is 36.5. The smallest absolute Gasteiger partial charge is 0.360 e. The van der Waals surface area contributed by atoms with E-state index < -0.39 is 11.2 Å². The van der Waals surface area contributed by atoms with E-state index in [4.69, 9.17) is 0 Å². The summed E-state index contributed by atoms with van der Waals surface area (Å²) >= 11 is 0.558. The minimum atomic E-state index is -4.38. The number of hydrogen-bond acceptors (Lipinski definition) is 4. The first-order valence-electron chi connectivity index (χ1n) is 4.70. The Morgan fingerprint density at radius 3 is 2.53 bits per heavy atom. The molecule has 0 spiro atoms. The molecule has 1 fully saturated rings. The van der Waals surface area contributed by atoms with Crippen LogP contribution >= 0.6 is 11.3 Å². The van der Waals surface area contributed by atoms with Gasteiger partial charge in [-0.1, -0.05) is 17.8 Å². The van der Waals surface area contributed by atoms with Crippen molar-refractivity contribution in [3.8, 4) is 0 Å². The van der Waals surface area contributed by atoms with E-state index in [1.54, 1.807) is 0 Å². The predicted molar refractivity (Wildman–Crippen MR) is 50.7 cm³/mol. The van der Waals surface area contributed by atoms with Crippen LogP contribution in [0.25, 0.3) is 0 Å². The highest BCUT2D eigenvalue weighted by molar-refractivity contribution is 7.15. The zero-order valence-electron chi connectivity index (χ0n) is 7.84. The van der Waals surface area contributed by atoms with Gasteiger partial charge in [-0.2, -0.15) is 13.2 Å². The second-order valence-corrected chi connectivity index (χ2v) is 4.57. The third-order valence-corrected chi connectivity index (χ3v) is 3.36. The summed E-state index contributed by atoms with van der Waals surface area (Å²) in [7, 11) is 0. The lowest BCUT2D eigenvalue weighted by Gasteiger charge is -2.24. The molecular formula is C8H10F3N3S. The Morgan fingerprint density at radius 1 is 1.33 bits per heavy atom. The molecule has 0 radical (unpaired) electrons. The van der Waals surface area contributed by atoms with Crippen molar-refractivity contribution < 1.29 is 13.2 Å². The first-order chi connectivity index (χ1) is 7.05. The van der Waals surface area contributed by atoms with Gasteiger partial charge in [0.15, 0.2) is 0 Å². The second kappa shape index (κ2) is 3.96. The monoisotopic (exact) mass is 237 g/mol. The second-order valence-electron chi connectivity index (χ2n) is 3.59. The fourth-order valence-corrected chi connectivity index (χ4v) is 1.96. The Bertz CT molecular complexity index is 332. The van der Waals surface area contributed by atoms with Gasteiger partial charge in [0.25, 0.3) is 0 Å². The summed E-state index contributed by atoms with van der Waals surface area (Å²) in [6.45, 7) is 0.701. The molecular weight excluding hydrogens is 227 g/mol. The lowest BCUT2D eigenvalue weighted by Crippen LogP contribution is -2.20. The van der Waals surface area contributed by atoms with Crippen LogP contribution in [0.4, 0.5) is 18.3 Å². The van der Waals surface area contributed by atoms with Crippen molar-refractivity contribution in [1.29, 1.82) is 0 Å². The Balaban J connectivity index is 1.89. The number of aromatic nitrogens is 2. The van der Waals surface area contributed by atoms with Crippen molar-refractivity contribution in [3.05, 3.63) is 5.01 Å². The number of rotatable bonds is 3. The number of anilines is 1. The van der Waals surface area contributed by atoms with Gasteiger partial charge in [0, 0.05) is 6.54 Å². The van der Waals surface area contributed by atoms with Gasteiger partial charge in [0.05, 0.1) is 0 Å². The van der Waals surface area contributed by atoms with Crippen LogP contribution in [0.2, 0.25) is 0 Å². The lowest BCUT2D eigenvalue weighted by molar-refractivity contribution is -0.138. The average molecular weight is 237 g/mol. The first kappa shape index (κ1) is 10.7. The van der Waals surface area contributed by atoms with Gasteiger partial charge < -0.3 is 5.32 Å². The van der Waals surface area contributed by atoms with Gasteiger partial charge in [0.1, 0.15) is 0 Å². The molecule has 0 saturated heterocycles. The van der Waals surface area contributed by atoms with Crippen LogP contribution in [-0.2, 0) is 6.18 Å². The summed E-state index contributed by atoms with van der Waals surface area (Å²) in [5.74, 6) is 0.586. The molecule has 7 heteroatoms. The molecule has 2 rings (SSSR count). The highest BCUT2D eigenvalue weighted by atomic mass is 32.1. The van der Waals surface area contributed by atoms with Crippen LogP contribution in [-0.4, -0.2) is 16.7 Å². The quantitative estimate of drug-likeness (QED) is 0.878. The van der Waals surface area contributed by atoms with E-state index in [0.29, 0.717) is 23.8 Å². The minimum absolute atomic E-state index is 0.259. The Morgan fingerprint density at radius 2 is 2.07 bits per heavy atom. The molecule has 0 aliphatic heterocycles. The van der Waals surface area contributed by atoms with Crippen LogP contribution in [0.3, 0.4) is 0 Å². The normalized spacial score (nSPS) is 17.5. The molecule has 0 amide bonds. The zero-order valence-corrected chi connectivity index (χ0v) is 8.66. The molecule has 1 aromatic heterocycles. The van der Waals surface area contributed by atoms with E-state index in [9.17, 15) is 13.2 Å². The molecule has 3 nitrogen and oxygen atoms in total. The van der Waals surface area contributed by atoms with E-state index in [1.807, 2.05) is 0 Å². The molecule has 1 N–H and O–H groups in total. The SMILES string of the molecule is FC(F)(F)c1nnc(NCC2CCC2)s1. The van der Waals surface area contributed by atoms with Crippen molar-refractivity contribution in [3.63, 3.8) is 0 Å². The Labute approximate surface area is 88.7 Å². The van der Waals surface area contributed by atoms with Gasteiger partial charge in [-0.15, -0.1) is 10.2 Å². The van der Waals surface area contributed by atoms with E-state index in [-0.39, 0.29) is 5.13 Å². The molecule has 1 aliphatic rings. The van der Waals surface area contributed by atoms with Crippen LogP contribution in [0.1, 0.15) is 24.3 Å². The third kappa shape index (κ3) is 2.58. The van der Waals surface area contributed by atoms with Crippen molar-refractivity contribution >= 4 is 16.5 Å². The van der Waals surface area contributed by atoms with Crippen molar-refractivity contribution in [2.75, 3.05) is 11.9 Å². The van der Waals surface area contributed by atoms with Gasteiger partial charge in [0.2, 0.25) is 10.1 Å². The number of alkyl halides is 3. The molecule has 1 aromatic rings. The minimum Gasteiger partial charge on any atom is -0.360 e. The zero-order chi connectivity index (χ0) is 10.9. The molecule has 0 bridgehead atoms. The largest absolute Gasteiger partial charge is 0.445 e. The number of nitrogens with one attached hydrogen (secondary N) is 1. The molecule has 15 heavy (non-hydrogen) atoms. The summed E-state index contributed by atoms with van der Waals surface area (Å²) in [4.78, 5) is 0. The Kier molecular flexibility index (Phi) is 2.81. The molecule has 0 aromatic carbocycles. The van der Waals surface area contributed by atoms with E-state index in [1.165, 1.54) is 6.42 Å². The number of hydrogen-bond donors (Lipinski definition) is 1. The molecule has 0 unspecified atom stereocenters. The maximum atomic E-state index is 12.2. The average Bonchev–Trinajstić information content (AvgIpc) is 2.48. The van der Waals surface area contributed by atoms with Gasteiger partial charge in [-0.25, -0.2) is 0 Å². The van der Waals surface area contributed by atoms with Gasteiger partial charge >= 0.3 is 6.18 Å². The van der Waals surface area contributed by atoms with E-state index >= 15 is 0 Å². The fraction of sp³-hybridized carbons (Fsp3) is 0.750. The molecule has 84 valence electrons. The maximum absolute atomic E-state index is 12.2. The number of halogens is 3. The van der Waals surface area contributed by atoms with Crippen molar-refractivity contribution in [1.82, 2.24) is 10.2 Å². The number of nitrogens with zero attached hydrogens (tertiary/aromatic N) is 2. The highest BCUT2D eigenvalue weighted by Gasteiger charge is 2.35. The molecule has 1 aliphatic carbocycles. The summed E-state index contributed by atoms with van der Waals surface area (Å²) in [5.41, 5.74) is 0. The van der Waals surface area contributed by atoms with Crippen molar-refractivity contribution in [2.45, 2.75) is 25.4 Å². The molecule has 0 atom stereocenters. The van der Waals surface area contributed by atoms with Crippen molar-refractivity contribution in [2.24, 2.45) is 5.92 Å². The Hall–Kier alpha value is -0.850. The highest BCUT2D eigenvalue weighted by Crippen LogP contribution is 2.33. The summed E-state index contributed by atoms with van der Waals surface area (Å²) in [5, 5.41) is 8.79. The van der Waals surface area contributed by atoms with Crippen LogP contribution in [0, 0.1) is 5.92 Å². The third-order valence-electron chi connectivity index (χ3n) is 2.43. The topological polar surface area (TPSA) is 37.8 Å². The lowest BCUT2D eigenvalue weighted by atomic mass is 9.86. The molecule has 1 saturated carbocycles. The standard InChI is InChI=1S/C8H10F3N3S/c9-8(10,11)6-13-14-7(15-6)12-4-5-2-1-3-5/h5H,1-4H2,(H,12,14). The van der Waals surface area contributed by atoms with Crippen LogP contribution in [0.15, 0.2) is 0 Å². The van der Waals surface area contributed by atoms with Crippen LogP contribution < -0.4 is 5.32 Å². The van der Waals surface area contributed by atoms with E-state index in [2.05, 4.69) is 15.5 Å². The summed E-state index contributed by atoms with van der Waals surface area (Å²) in [6, 6.07) is 0. The van der Waals surface area contributed by atoms with E-state index in [0.717, 1.165) is 12.8 Å². The van der Waals surface area contributed by atoms with Gasteiger partial charge in [-0.3, -0.25) is 0 Å². The predicted octanol–water partition coefficient (Wildman–Crippen LogP) is 2.77. The first-order valence-corrected chi connectivity index (χ1v) is 5.52. The summed E-state index contributed by atoms with van der Waals surface area (Å²) in [6.07, 6.45) is -0.861. The fourth-order valence-electron chi connectivity index (χ4n) is 1.34. The van der Waals surface area contributed by atoms with Gasteiger partial charge in [-0.05, 0) is 18.8 Å². The maximum Gasteiger partial charge on any atom is 0.445 e. The molecule has 1 heterocycles.